The molecule has 2 heterocycles. The van der Waals surface area contributed by atoms with Gasteiger partial charge in [-0.15, -0.1) is 16.8 Å². The number of pyridine rings is 1. The first-order valence-corrected chi connectivity index (χ1v) is 9.14. The predicted octanol–water partition coefficient (Wildman–Crippen LogP) is 3.78. The average Bonchev–Trinajstić information content (AvgIpc) is 3.05. The average molecular weight is 383 g/mol. The highest BCUT2D eigenvalue weighted by Gasteiger charge is 2.20. The Morgan fingerprint density at radius 2 is 2.11 bits per heavy atom. The van der Waals surface area contributed by atoms with Gasteiger partial charge in [0.2, 0.25) is 5.91 Å². The number of benzene rings is 1. The molecule has 3 rings (SSSR count). The topological polar surface area (TPSA) is 72.7 Å². The predicted molar refractivity (Wildman–Crippen MR) is 104 cm³/mol. The summed E-state index contributed by atoms with van der Waals surface area (Å²) in [7, 11) is 0. The lowest BCUT2D eigenvalue weighted by Gasteiger charge is -2.13. The molecule has 138 valence electrons. The van der Waals surface area contributed by atoms with Gasteiger partial charge in [-0.1, -0.05) is 23.9 Å². The fraction of sp³-hybridized carbons (Fsp3) is 0.158. The first kappa shape index (κ1) is 18.8. The van der Waals surface area contributed by atoms with Crippen molar-refractivity contribution >= 4 is 23.4 Å². The molecular formula is C19H18FN5OS. The van der Waals surface area contributed by atoms with Crippen LogP contribution in [-0.2, 0) is 11.3 Å². The summed E-state index contributed by atoms with van der Waals surface area (Å²) in [5.41, 5.74) is 1.29. The second-order valence-corrected chi connectivity index (χ2v) is 7.01. The Morgan fingerprint density at radius 3 is 2.81 bits per heavy atom. The Kier molecular flexibility index (Phi) is 5.97. The maximum atomic E-state index is 13.3. The molecule has 27 heavy (non-hydrogen) atoms. The molecule has 1 atom stereocenters. The number of nitrogens with zero attached hydrogens (tertiary/aromatic N) is 4. The van der Waals surface area contributed by atoms with Gasteiger partial charge >= 0.3 is 0 Å². The van der Waals surface area contributed by atoms with E-state index in [1.54, 1.807) is 37.5 Å². The summed E-state index contributed by atoms with van der Waals surface area (Å²) in [5.74, 6) is 0.0302. The number of hydrogen-bond donors (Lipinski definition) is 1. The van der Waals surface area contributed by atoms with E-state index < -0.39 is 11.1 Å². The van der Waals surface area contributed by atoms with Gasteiger partial charge in [-0.05, 0) is 37.3 Å². The van der Waals surface area contributed by atoms with Gasteiger partial charge in [0.1, 0.15) is 5.82 Å². The molecule has 1 aromatic carbocycles. The van der Waals surface area contributed by atoms with Gasteiger partial charge in [-0.2, -0.15) is 0 Å². The molecule has 3 aromatic rings. The second kappa shape index (κ2) is 8.59. The SMILES string of the molecule is C=CCn1c(SC(C)C(=O)Nc2cccc(F)c2)nnc1-c1ccncc1. The van der Waals surface area contributed by atoms with Crippen molar-refractivity contribution in [3.05, 3.63) is 67.3 Å². The van der Waals surface area contributed by atoms with Gasteiger partial charge in [0.05, 0.1) is 5.25 Å². The first-order chi connectivity index (χ1) is 13.1. The van der Waals surface area contributed by atoms with Crippen LogP contribution in [0.3, 0.4) is 0 Å². The number of nitrogens with one attached hydrogen (secondary N) is 1. The van der Waals surface area contributed by atoms with E-state index in [1.807, 2.05) is 16.7 Å². The minimum absolute atomic E-state index is 0.246. The zero-order chi connectivity index (χ0) is 19.2. The van der Waals surface area contributed by atoms with E-state index in [9.17, 15) is 9.18 Å². The first-order valence-electron chi connectivity index (χ1n) is 8.26. The molecule has 6 nitrogen and oxygen atoms in total. The number of rotatable bonds is 7. The number of halogens is 1. The van der Waals surface area contributed by atoms with Crippen molar-refractivity contribution in [2.75, 3.05) is 5.32 Å². The smallest absolute Gasteiger partial charge is 0.237 e. The van der Waals surface area contributed by atoms with E-state index >= 15 is 0 Å². The number of thioether (sulfide) groups is 1. The Morgan fingerprint density at radius 1 is 1.33 bits per heavy atom. The van der Waals surface area contributed by atoms with Crippen LogP contribution in [0.2, 0.25) is 0 Å². The van der Waals surface area contributed by atoms with Crippen LogP contribution in [0.25, 0.3) is 11.4 Å². The van der Waals surface area contributed by atoms with Crippen LogP contribution in [-0.4, -0.2) is 30.9 Å². The lowest BCUT2D eigenvalue weighted by Crippen LogP contribution is -2.23. The van der Waals surface area contributed by atoms with Crippen molar-refractivity contribution in [3.8, 4) is 11.4 Å². The van der Waals surface area contributed by atoms with E-state index in [4.69, 9.17) is 0 Å². The van der Waals surface area contributed by atoms with E-state index in [1.165, 1.54) is 23.9 Å². The number of hydrogen-bond acceptors (Lipinski definition) is 5. The molecule has 2 aromatic heterocycles. The monoisotopic (exact) mass is 383 g/mol. The standard InChI is InChI=1S/C19H18FN5OS/c1-3-11-25-17(14-7-9-21-10-8-14)23-24-19(25)27-13(2)18(26)22-16-6-4-5-15(20)12-16/h3-10,12-13H,1,11H2,2H3,(H,22,26). The van der Waals surface area contributed by atoms with Crippen LogP contribution in [0.15, 0.2) is 66.6 Å². The van der Waals surface area contributed by atoms with Crippen LogP contribution in [0, 0.1) is 5.82 Å². The van der Waals surface area contributed by atoms with Crippen LogP contribution < -0.4 is 5.32 Å². The molecule has 1 N–H and O–H groups in total. The molecule has 0 aliphatic heterocycles. The van der Waals surface area contributed by atoms with Crippen molar-refractivity contribution in [2.45, 2.75) is 23.9 Å². The highest BCUT2D eigenvalue weighted by molar-refractivity contribution is 8.00. The third-order valence-corrected chi connectivity index (χ3v) is 4.79. The third-order valence-electron chi connectivity index (χ3n) is 3.71. The Labute approximate surface area is 160 Å². The Hall–Kier alpha value is -3.00. The molecule has 0 fully saturated rings. The van der Waals surface area contributed by atoms with Crippen LogP contribution >= 0.6 is 11.8 Å². The maximum absolute atomic E-state index is 13.3. The molecule has 0 bridgehead atoms. The van der Waals surface area contributed by atoms with Crippen molar-refractivity contribution in [1.29, 1.82) is 0 Å². The summed E-state index contributed by atoms with van der Waals surface area (Å²) in [5, 5.41) is 11.3. The van der Waals surface area contributed by atoms with Gasteiger partial charge in [0.25, 0.3) is 0 Å². The molecule has 0 aliphatic rings. The number of aromatic nitrogens is 4. The lowest BCUT2D eigenvalue weighted by molar-refractivity contribution is -0.115. The summed E-state index contributed by atoms with van der Waals surface area (Å²) in [4.78, 5) is 16.4. The normalized spacial score (nSPS) is 11.8. The van der Waals surface area contributed by atoms with Crippen LogP contribution in [0.4, 0.5) is 10.1 Å². The maximum Gasteiger partial charge on any atom is 0.237 e. The number of carbonyl (C=O) groups excluding carboxylic acids is 1. The molecule has 0 saturated carbocycles. The Balaban J connectivity index is 1.77. The third kappa shape index (κ3) is 4.59. The fourth-order valence-electron chi connectivity index (χ4n) is 2.41. The molecule has 1 amide bonds. The molecule has 0 spiro atoms. The van der Waals surface area contributed by atoms with E-state index in [0.29, 0.717) is 23.2 Å². The molecule has 0 aliphatic carbocycles. The number of allylic oxidation sites excluding steroid dienone is 1. The summed E-state index contributed by atoms with van der Waals surface area (Å²) < 4.78 is 15.2. The van der Waals surface area contributed by atoms with Gasteiger partial charge in [-0.25, -0.2) is 4.39 Å². The number of carbonyl (C=O) groups is 1. The van der Waals surface area contributed by atoms with E-state index in [0.717, 1.165) is 5.56 Å². The lowest BCUT2D eigenvalue weighted by atomic mass is 10.2. The largest absolute Gasteiger partial charge is 0.325 e. The quantitative estimate of drug-likeness (QED) is 0.496. The van der Waals surface area contributed by atoms with Gasteiger partial charge < -0.3 is 5.32 Å². The van der Waals surface area contributed by atoms with E-state index in [2.05, 4.69) is 27.1 Å². The zero-order valence-corrected chi connectivity index (χ0v) is 15.5. The van der Waals surface area contributed by atoms with Crippen molar-refractivity contribution in [2.24, 2.45) is 0 Å². The van der Waals surface area contributed by atoms with Gasteiger partial charge in [0.15, 0.2) is 11.0 Å². The molecular weight excluding hydrogens is 365 g/mol. The highest BCUT2D eigenvalue weighted by atomic mass is 32.2. The molecule has 0 radical (unpaired) electrons. The minimum atomic E-state index is -0.452. The summed E-state index contributed by atoms with van der Waals surface area (Å²) in [6.45, 7) is 6.04. The van der Waals surface area contributed by atoms with E-state index in [-0.39, 0.29) is 5.91 Å². The van der Waals surface area contributed by atoms with Crippen LogP contribution in [0.1, 0.15) is 6.92 Å². The summed E-state index contributed by atoms with van der Waals surface area (Å²) >= 11 is 1.28. The number of anilines is 1. The fourth-order valence-corrected chi connectivity index (χ4v) is 3.26. The van der Waals surface area contributed by atoms with Crippen LogP contribution in [0.5, 0.6) is 0 Å². The Bertz CT molecular complexity index is 944. The second-order valence-electron chi connectivity index (χ2n) is 5.70. The molecule has 1 unspecified atom stereocenters. The van der Waals surface area contributed by atoms with Crippen molar-refractivity contribution in [3.63, 3.8) is 0 Å². The summed E-state index contributed by atoms with van der Waals surface area (Å²) in [6, 6.07) is 9.48. The van der Waals surface area contributed by atoms with Crippen molar-refractivity contribution < 1.29 is 9.18 Å². The summed E-state index contributed by atoms with van der Waals surface area (Å²) in [6.07, 6.45) is 5.11. The zero-order valence-electron chi connectivity index (χ0n) is 14.7. The van der Waals surface area contributed by atoms with Gasteiger partial charge in [-0.3, -0.25) is 14.3 Å². The number of amides is 1. The molecule has 0 saturated heterocycles. The van der Waals surface area contributed by atoms with Crippen molar-refractivity contribution in [1.82, 2.24) is 19.7 Å². The minimum Gasteiger partial charge on any atom is -0.325 e. The molecule has 8 heteroatoms. The van der Waals surface area contributed by atoms with Gasteiger partial charge in [0, 0.05) is 30.2 Å². The highest BCUT2D eigenvalue weighted by Crippen LogP contribution is 2.27.